The van der Waals surface area contributed by atoms with Crippen molar-refractivity contribution in [2.45, 2.75) is 12.8 Å². The highest BCUT2D eigenvalue weighted by atomic mass is 16.1. The van der Waals surface area contributed by atoms with Crippen LogP contribution in [0.4, 0.5) is 0 Å². The van der Waals surface area contributed by atoms with Crippen LogP contribution in [-0.2, 0) is 0 Å². The first kappa shape index (κ1) is 18.9. The lowest BCUT2D eigenvalue weighted by atomic mass is 9.94. The summed E-state index contributed by atoms with van der Waals surface area (Å²) in [5, 5.41) is 1.10. The molecule has 0 saturated heterocycles. The zero-order chi connectivity index (χ0) is 21.2. The van der Waals surface area contributed by atoms with Gasteiger partial charge in [-0.05, 0) is 23.8 Å². The number of hydrogen-bond acceptors (Lipinski definition) is 3. The SMILES string of the molecule is CC(c1cccc(C(=O)c2ccccc2)c1)c1cnc(-c2ccc3ccccc3n2)[nH]1. The number of para-hydroxylation sites is 1. The van der Waals surface area contributed by atoms with E-state index in [4.69, 9.17) is 4.98 Å². The smallest absolute Gasteiger partial charge is 0.193 e. The van der Waals surface area contributed by atoms with Crippen LogP contribution in [0.25, 0.3) is 22.4 Å². The summed E-state index contributed by atoms with van der Waals surface area (Å²) in [7, 11) is 0. The molecule has 2 heterocycles. The van der Waals surface area contributed by atoms with E-state index in [2.05, 4.69) is 23.0 Å². The highest BCUT2D eigenvalue weighted by molar-refractivity contribution is 6.09. The van der Waals surface area contributed by atoms with Crippen molar-refractivity contribution in [1.29, 1.82) is 0 Å². The van der Waals surface area contributed by atoms with E-state index in [-0.39, 0.29) is 11.7 Å². The molecule has 0 fully saturated rings. The van der Waals surface area contributed by atoms with E-state index in [0.717, 1.165) is 33.7 Å². The quantitative estimate of drug-likeness (QED) is 0.366. The Kier molecular flexibility index (Phi) is 4.89. The number of rotatable bonds is 5. The lowest BCUT2D eigenvalue weighted by molar-refractivity contribution is 0.103. The fraction of sp³-hybridized carbons (Fsp3) is 0.0741. The number of nitrogens with one attached hydrogen (secondary N) is 1. The summed E-state index contributed by atoms with van der Waals surface area (Å²) in [6, 6.07) is 29.2. The minimum absolute atomic E-state index is 0.0281. The van der Waals surface area contributed by atoms with Crippen LogP contribution in [0.2, 0.25) is 0 Å². The number of fused-ring (bicyclic) bond motifs is 1. The van der Waals surface area contributed by atoms with Crippen LogP contribution in [0.5, 0.6) is 0 Å². The third kappa shape index (κ3) is 3.76. The molecule has 0 saturated carbocycles. The fourth-order valence-corrected chi connectivity index (χ4v) is 3.77. The number of carbonyl (C=O) groups is 1. The van der Waals surface area contributed by atoms with Gasteiger partial charge in [0.2, 0.25) is 0 Å². The average molecular weight is 403 g/mol. The van der Waals surface area contributed by atoms with Gasteiger partial charge in [-0.2, -0.15) is 0 Å². The van der Waals surface area contributed by atoms with E-state index in [9.17, 15) is 4.79 Å². The second-order valence-corrected chi connectivity index (χ2v) is 7.62. The van der Waals surface area contributed by atoms with Gasteiger partial charge >= 0.3 is 0 Å². The van der Waals surface area contributed by atoms with Crippen LogP contribution in [0.3, 0.4) is 0 Å². The second kappa shape index (κ2) is 8.00. The molecular formula is C27H21N3O. The third-order valence-electron chi connectivity index (χ3n) is 5.59. The van der Waals surface area contributed by atoms with E-state index < -0.39 is 0 Å². The van der Waals surface area contributed by atoms with Crippen LogP contribution >= 0.6 is 0 Å². The first-order chi connectivity index (χ1) is 15.2. The molecule has 0 aliphatic heterocycles. The van der Waals surface area contributed by atoms with Gasteiger partial charge in [0.25, 0.3) is 0 Å². The van der Waals surface area contributed by atoms with Crippen LogP contribution in [0.15, 0.2) is 97.2 Å². The number of imidazole rings is 1. The van der Waals surface area contributed by atoms with Crippen molar-refractivity contribution in [3.63, 3.8) is 0 Å². The first-order valence-corrected chi connectivity index (χ1v) is 10.3. The molecule has 1 unspecified atom stereocenters. The van der Waals surface area contributed by atoms with E-state index >= 15 is 0 Å². The molecule has 0 aliphatic rings. The van der Waals surface area contributed by atoms with Gasteiger partial charge in [-0.1, -0.05) is 79.7 Å². The standard InChI is InChI=1S/C27H21N3O/c1-18(21-11-7-12-22(16-21)26(31)20-9-3-2-4-10-20)25-17-28-27(30-25)24-15-14-19-8-5-6-13-23(19)29-24/h2-18H,1H3,(H,28,30). The van der Waals surface area contributed by atoms with Gasteiger partial charge in [0.1, 0.15) is 5.69 Å². The Morgan fingerprint density at radius 1 is 0.839 bits per heavy atom. The molecule has 0 aliphatic carbocycles. The Labute approximate surface area is 180 Å². The molecule has 0 radical (unpaired) electrons. The van der Waals surface area contributed by atoms with Crippen molar-refractivity contribution in [3.8, 4) is 11.5 Å². The lowest BCUT2D eigenvalue weighted by Crippen LogP contribution is -2.03. The summed E-state index contributed by atoms with van der Waals surface area (Å²) >= 11 is 0. The molecule has 150 valence electrons. The average Bonchev–Trinajstić information content (AvgIpc) is 3.34. The number of pyridine rings is 1. The molecule has 0 spiro atoms. The summed E-state index contributed by atoms with van der Waals surface area (Å²) < 4.78 is 0. The topological polar surface area (TPSA) is 58.6 Å². The first-order valence-electron chi connectivity index (χ1n) is 10.3. The lowest BCUT2D eigenvalue weighted by Gasteiger charge is -2.11. The molecule has 5 rings (SSSR count). The summed E-state index contributed by atoms with van der Waals surface area (Å²) in [4.78, 5) is 25.5. The zero-order valence-corrected chi connectivity index (χ0v) is 17.1. The minimum Gasteiger partial charge on any atom is -0.340 e. The summed E-state index contributed by atoms with van der Waals surface area (Å²) in [5.74, 6) is 0.828. The van der Waals surface area contributed by atoms with Crippen LogP contribution in [0.1, 0.15) is 40.0 Å². The van der Waals surface area contributed by atoms with E-state index in [1.165, 1.54) is 0 Å². The molecular weight excluding hydrogens is 382 g/mol. The summed E-state index contributed by atoms with van der Waals surface area (Å²) in [5.41, 5.74) is 5.17. The molecule has 5 aromatic rings. The monoisotopic (exact) mass is 403 g/mol. The van der Waals surface area contributed by atoms with Crippen molar-refractivity contribution < 1.29 is 4.79 Å². The minimum atomic E-state index is 0.0281. The Hall–Kier alpha value is -4.05. The molecule has 31 heavy (non-hydrogen) atoms. The predicted octanol–water partition coefficient (Wildman–Crippen LogP) is 6.01. The maximum absolute atomic E-state index is 12.8. The van der Waals surface area contributed by atoms with Gasteiger partial charge in [0.05, 0.1) is 5.52 Å². The van der Waals surface area contributed by atoms with Crippen molar-refractivity contribution in [2.75, 3.05) is 0 Å². The third-order valence-corrected chi connectivity index (χ3v) is 5.59. The maximum Gasteiger partial charge on any atom is 0.193 e. The normalized spacial score (nSPS) is 12.0. The molecule has 1 N–H and O–H groups in total. The molecule has 4 nitrogen and oxygen atoms in total. The number of aromatic amines is 1. The Morgan fingerprint density at radius 2 is 1.61 bits per heavy atom. The highest BCUT2D eigenvalue weighted by Gasteiger charge is 2.16. The number of ketones is 1. The number of hydrogen-bond donors (Lipinski definition) is 1. The Bertz CT molecular complexity index is 1370. The fourth-order valence-electron chi connectivity index (χ4n) is 3.77. The van der Waals surface area contributed by atoms with E-state index in [1.54, 1.807) is 0 Å². The summed E-state index contributed by atoms with van der Waals surface area (Å²) in [6.07, 6.45) is 1.85. The highest BCUT2D eigenvalue weighted by Crippen LogP contribution is 2.26. The largest absolute Gasteiger partial charge is 0.340 e. The van der Waals surface area contributed by atoms with Gasteiger partial charge in [-0.3, -0.25) is 4.79 Å². The Balaban J connectivity index is 1.42. The van der Waals surface area contributed by atoms with Gasteiger partial charge in [-0.15, -0.1) is 0 Å². The van der Waals surface area contributed by atoms with Gasteiger partial charge in [0.15, 0.2) is 11.6 Å². The van der Waals surface area contributed by atoms with Crippen LogP contribution < -0.4 is 0 Å². The Morgan fingerprint density at radius 3 is 2.48 bits per heavy atom. The van der Waals surface area contributed by atoms with Crippen LogP contribution in [0, 0.1) is 0 Å². The number of nitrogens with zero attached hydrogens (tertiary/aromatic N) is 2. The molecule has 0 amide bonds. The number of benzene rings is 3. The molecule has 4 heteroatoms. The van der Waals surface area contributed by atoms with E-state index in [0.29, 0.717) is 11.1 Å². The molecule has 0 bridgehead atoms. The number of H-pyrrole nitrogens is 1. The van der Waals surface area contributed by atoms with Crippen molar-refractivity contribution in [2.24, 2.45) is 0 Å². The van der Waals surface area contributed by atoms with Gasteiger partial charge in [0, 0.05) is 34.3 Å². The van der Waals surface area contributed by atoms with Crippen molar-refractivity contribution >= 4 is 16.7 Å². The van der Waals surface area contributed by atoms with E-state index in [1.807, 2.05) is 91.1 Å². The van der Waals surface area contributed by atoms with Crippen molar-refractivity contribution in [3.05, 3.63) is 120 Å². The number of aromatic nitrogens is 3. The zero-order valence-electron chi connectivity index (χ0n) is 17.1. The van der Waals surface area contributed by atoms with Gasteiger partial charge in [-0.25, -0.2) is 9.97 Å². The molecule has 1 atom stereocenters. The molecule has 2 aromatic heterocycles. The second-order valence-electron chi connectivity index (χ2n) is 7.62. The van der Waals surface area contributed by atoms with Crippen LogP contribution in [-0.4, -0.2) is 20.7 Å². The van der Waals surface area contributed by atoms with Gasteiger partial charge < -0.3 is 4.98 Å². The van der Waals surface area contributed by atoms with Crippen molar-refractivity contribution in [1.82, 2.24) is 15.0 Å². The molecule has 3 aromatic carbocycles. The number of carbonyl (C=O) groups excluding carboxylic acids is 1. The summed E-state index contributed by atoms with van der Waals surface area (Å²) in [6.45, 7) is 2.11. The maximum atomic E-state index is 12.8. The predicted molar refractivity (Wildman–Crippen MR) is 123 cm³/mol.